The summed E-state index contributed by atoms with van der Waals surface area (Å²) in [6, 6.07) is 8.57. The molecule has 0 aromatic heterocycles. The van der Waals surface area contributed by atoms with Gasteiger partial charge < -0.3 is 15.5 Å². The van der Waals surface area contributed by atoms with Gasteiger partial charge >= 0.3 is 0 Å². The van der Waals surface area contributed by atoms with E-state index in [1.807, 2.05) is 12.1 Å². The molecule has 1 aromatic carbocycles. The maximum absolute atomic E-state index is 11.9. The third-order valence-corrected chi connectivity index (χ3v) is 4.52. The van der Waals surface area contributed by atoms with Crippen molar-refractivity contribution >= 4 is 17.3 Å². The van der Waals surface area contributed by atoms with Crippen molar-refractivity contribution < 1.29 is 4.79 Å². The Bertz CT molecular complexity index is 464. The van der Waals surface area contributed by atoms with Crippen molar-refractivity contribution in [3.63, 3.8) is 0 Å². The van der Waals surface area contributed by atoms with Crippen molar-refractivity contribution in [1.82, 2.24) is 5.32 Å². The smallest absolute Gasteiger partial charge is 0.238 e. The molecular formula is C18H29N3O. The third-order valence-electron chi connectivity index (χ3n) is 4.52. The van der Waals surface area contributed by atoms with Crippen LogP contribution < -0.4 is 15.5 Å². The Morgan fingerprint density at radius 1 is 1.27 bits per heavy atom. The molecule has 4 heteroatoms. The van der Waals surface area contributed by atoms with E-state index in [0.717, 1.165) is 31.1 Å². The average Bonchev–Trinajstić information content (AvgIpc) is 2.54. The van der Waals surface area contributed by atoms with Crippen LogP contribution in [-0.2, 0) is 4.79 Å². The van der Waals surface area contributed by atoms with E-state index in [-0.39, 0.29) is 5.91 Å². The van der Waals surface area contributed by atoms with Crippen LogP contribution in [0.1, 0.15) is 40.0 Å². The van der Waals surface area contributed by atoms with Crippen molar-refractivity contribution in [3.05, 3.63) is 24.3 Å². The lowest BCUT2D eigenvalue weighted by atomic mass is 9.99. The summed E-state index contributed by atoms with van der Waals surface area (Å²) in [6.07, 6.45) is 3.55. The largest absolute Gasteiger partial charge is 0.372 e. The molecule has 4 nitrogen and oxygen atoms in total. The summed E-state index contributed by atoms with van der Waals surface area (Å²) in [5.74, 6) is 0.854. The van der Waals surface area contributed by atoms with Crippen molar-refractivity contribution in [1.29, 1.82) is 0 Å². The highest BCUT2D eigenvalue weighted by molar-refractivity contribution is 5.92. The summed E-state index contributed by atoms with van der Waals surface area (Å²) in [4.78, 5) is 14.3. The number of carbonyl (C=O) groups excluding carboxylic acids is 1. The molecule has 0 bridgehead atoms. The number of piperidine rings is 1. The molecule has 22 heavy (non-hydrogen) atoms. The van der Waals surface area contributed by atoms with E-state index in [0.29, 0.717) is 12.6 Å². The normalized spacial score (nSPS) is 17.3. The van der Waals surface area contributed by atoms with E-state index in [1.54, 1.807) is 0 Å². The molecule has 1 saturated heterocycles. The molecule has 122 valence electrons. The van der Waals surface area contributed by atoms with Crippen molar-refractivity contribution in [2.45, 2.75) is 46.1 Å². The summed E-state index contributed by atoms with van der Waals surface area (Å²) in [5.41, 5.74) is 2.12. The second-order valence-electron chi connectivity index (χ2n) is 6.45. The minimum atomic E-state index is 0.0137. The van der Waals surface area contributed by atoms with Gasteiger partial charge in [-0.2, -0.15) is 0 Å². The number of nitrogens with zero attached hydrogens (tertiary/aromatic N) is 1. The van der Waals surface area contributed by atoms with Crippen LogP contribution >= 0.6 is 0 Å². The lowest BCUT2D eigenvalue weighted by Gasteiger charge is -2.32. The number of hydrogen-bond donors (Lipinski definition) is 2. The highest BCUT2D eigenvalue weighted by Gasteiger charge is 2.15. The number of rotatable bonds is 6. The summed E-state index contributed by atoms with van der Waals surface area (Å²) in [5, 5.41) is 6.14. The fourth-order valence-corrected chi connectivity index (χ4v) is 2.64. The van der Waals surface area contributed by atoms with Gasteiger partial charge in [-0.25, -0.2) is 0 Å². The first-order valence-corrected chi connectivity index (χ1v) is 8.46. The molecule has 1 aliphatic heterocycles. The number of anilines is 2. The molecular weight excluding hydrogens is 274 g/mol. The van der Waals surface area contributed by atoms with Gasteiger partial charge in [0.05, 0.1) is 6.54 Å². The monoisotopic (exact) mass is 303 g/mol. The van der Waals surface area contributed by atoms with Gasteiger partial charge in [-0.1, -0.05) is 13.8 Å². The number of benzene rings is 1. The quantitative estimate of drug-likeness (QED) is 0.848. The predicted octanol–water partition coefficient (Wildman–Crippen LogP) is 3.25. The zero-order valence-electron chi connectivity index (χ0n) is 14.1. The van der Waals surface area contributed by atoms with Gasteiger partial charge in [0.15, 0.2) is 0 Å². The highest BCUT2D eigenvalue weighted by atomic mass is 16.1. The number of hydrogen-bond acceptors (Lipinski definition) is 3. The fourth-order valence-electron chi connectivity index (χ4n) is 2.64. The second kappa shape index (κ2) is 8.18. The molecule has 1 aromatic rings. The molecule has 2 N–H and O–H groups in total. The van der Waals surface area contributed by atoms with Gasteiger partial charge in [-0.3, -0.25) is 4.79 Å². The topological polar surface area (TPSA) is 44.4 Å². The molecule has 0 saturated carbocycles. The lowest BCUT2D eigenvalue weighted by molar-refractivity contribution is -0.115. The van der Waals surface area contributed by atoms with Gasteiger partial charge in [-0.05, 0) is 56.4 Å². The van der Waals surface area contributed by atoms with Gasteiger partial charge in [-0.15, -0.1) is 0 Å². The molecule has 0 radical (unpaired) electrons. The van der Waals surface area contributed by atoms with Crippen LogP contribution in [0.25, 0.3) is 0 Å². The molecule has 1 aliphatic rings. The van der Waals surface area contributed by atoms with Crippen LogP contribution in [0.15, 0.2) is 24.3 Å². The Morgan fingerprint density at radius 3 is 2.50 bits per heavy atom. The molecule has 1 atom stereocenters. The number of amides is 1. The van der Waals surface area contributed by atoms with Gasteiger partial charge in [0, 0.05) is 30.5 Å². The minimum Gasteiger partial charge on any atom is -0.372 e. The zero-order chi connectivity index (χ0) is 15.9. The summed E-state index contributed by atoms with van der Waals surface area (Å²) in [6.45, 7) is 9.14. The lowest BCUT2D eigenvalue weighted by Crippen LogP contribution is -2.34. The standard InChI is InChI=1S/C18H29N3O/c1-4-15(3)19-13-18(22)20-16-5-7-17(8-6-16)21-11-9-14(2)10-12-21/h5-8,14-15,19H,4,9-13H2,1-3H3,(H,20,22). The van der Waals surface area contributed by atoms with E-state index in [9.17, 15) is 4.79 Å². The number of carbonyl (C=O) groups is 1. The number of nitrogens with one attached hydrogen (secondary N) is 2. The Hall–Kier alpha value is -1.55. The second-order valence-corrected chi connectivity index (χ2v) is 6.45. The van der Waals surface area contributed by atoms with Crippen LogP contribution in [0.5, 0.6) is 0 Å². The van der Waals surface area contributed by atoms with Gasteiger partial charge in [0.25, 0.3) is 0 Å². The van der Waals surface area contributed by atoms with Crippen LogP contribution in [0.4, 0.5) is 11.4 Å². The third kappa shape index (κ3) is 5.02. The molecule has 1 heterocycles. The zero-order valence-corrected chi connectivity index (χ0v) is 14.1. The van der Waals surface area contributed by atoms with E-state index in [2.05, 4.69) is 48.4 Å². The first kappa shape index (κ1) is 16.8. The Morgan fingerprint density at radius 2 is 1.91 bits per heavy atom. The van der Waals surface area contributed by atoms with Crippen molar-refractivity contribution in [2.75, 3.05) is 29.9 Å². The first-order chi connectivity index (χ1) is 10.6. The van der Waals surface area contributed by atoms with Crippen LogP contribution in [-0.4, -0.2) is 31.6 Å². The van der Waals surface area contributed by atoms with Gasteiger partial charge in [0.2, 0.25) is 5.91 Å². The molecule has 2 rings (SSSR count). The fraction of sp³-hybridized carbons (Fsp3) is 0.611. The molecule has 0 aliphatic carbocycles. The van der Waals surface area contributed by atoms with E-state index in [1.165, 1.54) is 18.5 Å². The van der Waals surface area contributed by atoms with Crippen molar-refractivity contribution in [2.24, 2.45) is 5.92 Å². The van der Waals surface area contributed by atoms with E-state index in [4.69, 9.17) is 0 Å². The van der Waals surface area contributed by atoms with E-state index >= 15 is 0 Å². The Balaban J connectivity index is 1.82. The first-order valence-electron chi connectivity index (χ1n) is 8.46. The molecule has 1 amide bonds. The average molecular weight is 303 g/mol. The van der Waals surface area contributed by atoms with Crippen LogP contribution in [0.3, 0.4) is 0 Å². The predicted molar refractivity (Wildman–Crippen MR) is 93.4 cm³/mol. The van der Waals surface area contributed by atoms with Crippen molar-refractivity contribution in [3.8, 4) is 0 Å². The minimum absolute atomic E-state index is 0.0137. The summed E-state index contributed by atoms with van der Waals surface area (Å²) < 4.78 is 0. The van der Waals surface area contributed by atoms with Crippen LogP contribution in [0.2, 0.25) is 0 Å². The molecule has 1 unspecified atom stereocenters. The maximum Gasteiger partial charge on any atom is 0.238 e. The molecule has 1 fully saturated rings. The SMILES string of the molecule is CCC(C)NCC(=O)Nc1ccc(N2CCC(C)CC2)cc1. The van der Waals surface area contributed by atoms with Crippen LogP contribution in [0, 0.1) is 5.92 Å². The highest BCUT2D eigenvalue weighted by Crippen LogP contribution is 2.24. The molecule has 0 spiro atoms. The summed E-state index contributed by atoms with van der Waals surface area (Å²) >= 11 is 0. The van der Waals surface area contributed by atoms with Gasteiger partial charge in [0.1, 0.15) is 0 Å². The summed E-state index contributed by atoms with van der Waals surface area (Å²) in [7, 11) is 0. The van der Waals surface area contributed by atoms with E-state index < -0.39 is 0 Å². The Labute approximate surface area is 134 Å². The Kier molecular flexibility index (Phi) is 6.25. The maximum atomic E-state index is 11.9.